The molecule has 11 nitrogen and oxygen atoms in total. The van der Waals surface area contributed by atoms with Gasteiger partial charge in [0.2, 0.25) is 5.75 Å². The molecule has 5 rings (SSSR count). The fourth-order valence-corrected chi connectivity index (χ4v) is 4.91. The van der Waals surface area contributed by atoms with Crippen LogP contribution in [0.1, 0.15) is 23.6 Å². The second-order valence-corrected chi connectivity index (χ2v) is 8.96. The highest BCUT2D eigenvalue weighted by molar-refractivity contribution is 6.46. The number of nitrogens with zero attached hydrogens (tertiary/aromatic N) is 3. The zero-order chi connectivity index (χ0) is 27.5. The lowest BCUT2D eigenvalue weighted by Gasteiger charge is -2.27. The van der Waals surface area contributed by atoms with Crippen LogP contribution >= 0.6 is 0 Å². The van der Waals surface area contributed by atoms with E-state index < -0.39 is 17.7 Å². The number of hydrogen-bond donors (Lipinski definition) is 1. The van der Waals surface area contributed by atoms with Crippen LogP contribution in [0.2, 0.25) is 0 Å². The molecule has 2 aromatic carbocycles. The van der Waals surface area contributed by atoms with Gasteiger partial charge in [-0.25, -0.2) is 4.98 Å². The maximum atomic E-state index is 13.5. The molecule has 3 aromatic rings. The third kappa shape index (κ3) is 4.83. The first kappa shape index (κ1) is 26.0. The van der Waals surface area contributed by atoms with Gasteiger partial charge in [0.15, 0.2) is 23.0 Å². The molecule has 1 saturated heterocycles. The van der Waals surface area contributed by atoms with E-state index in [1.807, 2.05) is 10.8 Å². The number of amides is 1. The molecule has 39 heavy (non-hydrogen) atoms. The number of aliphatic hydroxyl groups is 1. The minimum Gasteiger partial charge on any atom is -0.507 e. The number of rotatable bonds is 9. The molecule has 204 valence electrons. The number of Topliss-reactive ketones (excluding diaryl/α,β-unsaturated/α-hetero) is 1. The van der Waals surface area contributed by atoms with Crippen LogP contribution in [0.4, 0.5) is 0 Å². The maximum absolute atomic E-state index is 13.5. The van der Waals surface area contributed by atoms with Crippen molar-refractivity contribution in [2.45, 2.75) is 19.0 Å². The Morgan fingerprint density at radius 2 is 1.72 bits per heavy atom. The number of aromatic nitrogens is 2. The van der Waals surface area contributed by atoms with E-state index in [2.05, 4.69) is 4.98 Å². The van der Waals surface area contributed by atoms with E-state index in [-0.39, 0.29) is 17.9 Å². The summed E-state index contributed by atoms with van der Waals surface area (Å²) in [6.45, 7) is 1.63. The number of imidazole rings is 1. The Kier molecular flexibility index (Phi) is 7.31. The summed E-state index contributed by atoms with van der Waals surface area (Å²) in [4.78, 5) is 32.3. The molecule has 3 heterocycles. The van der Waals surface area contributed by atoms with E-state index in [4.69, 9.17) is 23.7 Å². The van der Waals surface area contributed by atoms with Gasteiger partial charge in [0.05, 0.1) is 39.3 Å². The number of aliphatic hydroxyl groups excluding tert-OH is 1. The Labute approximate surface area is 225 Å². The number of methoxy groups -OCH3 is 3. The van der Waals surface area contributed by atoms with Gasteiger partial charge in [-0.3, -0.25) is 9.59 Å². The highest BCUT2D eigenvalue weighted by Crippen LogP contribution is 2.46. The summed E-state index contributed by atoms with van der Waals surface area (Å²) >= 11 is 0. The van der Waals surface area contributed by atoms with Crippen molar-refractivity contribution in [3.8, 4) is 28.7 Å². The molecule has 0 radical (unpaired) electrons. The molecule has 1 atom stereocenters. The van der Waals surface area contributed by atoms with Crippen molar-refractivity contribution < 1.29 is 38.4 Å². The molecule has 0 bridgehead atoms. The topological polar surface area (TPSA) is 122 Å². The van der Waals surface area contributed by atoms with Crippen molar-refractivity contribution in [1.29, 1.82) is 0 Å². The molecule has 0 aliphatic carbocycles. The molecule has 1 aromatic heterocycles. The van der Waals surface area contributed by atoms with E-state index in [0.29, 0.717) is 66.1 Å². The first-order chi connectivity index (χ1) is 19.0. The van der Waals surface area contributed by atoms with Gasteiger partial charge in [-0.05, 0) is 42.3 Å². The van der Waals surface area contributed by atoms with Gasteiger partial charge in [-0.15, -0.1) is 0 Å². The predicted molar refractivity (Wildman–Crippen MR) is 139 cm³/mol. The second-order valence-electron chi connectivity index (χ2n) is 8.96. The van der Waals surface area contributed by atoms with Gasteiger partial charge < -0.3 is 38.3 Å². The van der Waals surface area contributed by atoms with E-state index >= 15 is 0 Å². The monoisotopic (exact) mass is 535 g/mol. The molecule has 0 unspecified atom stereocenters. The number of ether oxygens (including phenoxy) is 5. The Morgan fingerprint density at radius 3 is 2.36 bits per heavy atom. The van der Waals surface area contributed by atoms with Gasteiger partial charge in [-0.1, -0.05) is 0 Å². The first-order valence-electron chi connectivity index (χ1n) is 12.4. The molecule has 1 N–H and O–H groups in total. The summed E-state index contributed by atoms with van der Waals surface area (Å²) in [6, 6.07) is 7.34. The van der Waals surface area contributed by atoms with E-state index in [0.717, 1.165) is 0 Å². The molecule has 1 fully saturated rings. The van der Waals surface area contributed by atoms with Crippen molar-refractivity contribution in [1.82, 2.24) is 14.5 Å². The number of hydrogen-bond acceptors (Lipinski definition) is 9. The molecule has 0 spiro atoms. The van der Waals surface area contributed by atoms with Crippen molar-refractivity contribution in [2.75, 3.05) is 41.1 Å². The van der Waals surface area contributed by atoms with Crippen LogP contribution in [0.15, 0.2) is 54.6 Å². The Hall–Kier alpha value is -4.67. The molecule has 2 aliphatic heterocycles. The third-order valence-corrected chi connectivity index (χ3v) is 6.73. The molecular weight excluding hydrogens is 506 g/mol. The normalized spacial score (nSPS) is 17.8. The minimum atomic E-state index is -0.908. The Morgan fingerprint density at radius 1 is 1.00 bits per heavy atom. The number of carbonyl (C=O) groups excluding carboxylic acids is 2. The zero-order valence-corrected chi connectivity index (χ0v) is 21.9. The van der Waals surface area contributed by atoms with Crippen molar-refractivity contribution in [3.63, 3.8) is 0 Å². The fraction of sp³-hybridized carbons (Fsp3) is 0.321. The predicted octanol–water partition coefficient (Wildman–Crippen LogP) is 3.19. The summed E-state index contributed by atoms with van der Waals surface area (Å²) in [5.74, 6) is 0.254. The largest absolute Gasteiger partial charge is 0.507 e. The van der Waals surface area contributed by atoms with Gasteiger partial charge in [-0.2, -0.15) is 0 Å². The summed E-state index contributed by atoms with van der Waals surface area (Å²) in [7, 11) is 4.46. The van der Waals surface area contributed by atoms with Crippen LogP contribution in [0.3, 0.4) is 0 Å². The highest BCUT2D eigenvalue weighted by Gasteiger charge is 2.46. The van der Waals surface area contributed by atoms with Crippen molar-refractivity contribution in [3.05, 3.63) is 65.8 Å². The second kappa shape index (κ2) is 11.0. The average molecular weight is 536 g/mol. The zero-order valence-electron chi connectivity index (χ0n) is 21.9. The van der Waals surface area contributed by atoms with Gasteiger partial charge in [0.1, 0.15) is 19.0 Å². The van der Waals surface area contributed by atoms with E-state index in [9.17, 15) is 14.7 Å². The minimum absolute atomic E-state index is 0.0476. The SMILES string of the molecule is COc1cc([C@@H]2/C(=C(\O)c3ccc4c(c3)OCCO4)C(=O)C(=O)N2CCCn2ccnc2)cc(OC)c1OC. The van der Waals surface area contributed by atoms with Crippen LogP contribution < -0.4 is 23.7 Å². The van der Waals surface area contributed by atoms with E-state index in [1.54, 1.807) is 42.9 Å². The van der Waals surface area contributed by atoms with E-state index in [1.165, 1.54) is 26.2 Å². The Balaban J connectivity index is 1.61. The number of fused-ring (bicyclic) bond motifs is 1. The van der Waals surface area contributed by atoms with Gasteiger partial charge in [0, 0.05) is 31.0 Å². The molecule has 1 amide bonds. The van der Waals surface area contributed by atoms with Crippen LogP contribution in [0.25, 0.3) is 5.76 Å². The van der Waals surface area contributed by atoms with Crippen LogP contribution in [-0.4, -0.2) is 72.3 Å². The lowest BCUT2D eigenvalue weighted by atomic mass is 9.94. The summed E-state index contributed by atoms with van der Waals surface area (Å²) in [5, 5.41) is 11.5. The third-order valence-electron chi connectivity index (χ3n) is 6.73. The highest BCUT2D eigenvalue weighted by atomic mass is 16.6. The number of benzene rings is 2. The summed E-state index contributed by atoms with van der Waals surface area (Å²) in [6.07, 6.45) is 5.74. The lowest BCUT2D eigenvalue weighted by molar-refractivity contribution is -0.139. The number of ketones is 1. The molecule has 11 heteroatoms. The molecule has 2 aliphatic rings. The lowest BCUT2D eigenvalue weighted by Crippen LogP contribution is -2.31. The summed E-state index contributed by atoms with van der Waals surface area (Å²) < 4.78 is 29.6. The van der Waals surface area contributed by atoms with Gasteiger partial charge >= 0.3 is 0 Å². The van der Waals surface area contributed by atoms with Gasteiger partial charge in [0.25, 0.3) is 11.7 Å². The first-order valence-corrected chi connectivity index (χ1v) is 12.4. The Bertz CT molecular complexity index is 1390. The smallest absolute Gasteiger partial charge is 0.295 e. The quantitative estimate of drug-likeness (QED) is 0.250. The van der Waals surface area contributed by atoms with Crippen LogP contribution in [0.5, 0.6) is 28.7 Å². The standard InChI is InChI=1S/C28H29N3O8/c1-35-21-14-18(15-22(36-2)27(21)37-3)24-23(25(32)17-5-6-19-20(13-17)39-12-11-38-19)26(33)28(34)31(24)9-4-8-30-10-7-29-16-30/h5-7,10,13-16,24,32H,4,8-9,11-12H2,1-3H3/b25-23+/t24-/m1/s1. The molecular formula is C28H29N3O8. The number of likely N-dealkylation sites (tertiary alicyclic amines) is 1. The van der Waals surface area contributed by atoms with Crippen LogP contribution in [0, 0.1) is 0 Å². The van der Waals surface area contributed by atoms with Crippen molar-refractivity contribution >= 4 is 17.4 Å². The van der Waals surface area contributed by atoms with Crippen molar-refractivity contribution in [2.24, 2.45) is 0 Å². The number of aryl methyl sites for hydroxylation is 1. The average Bonchev–Trinajstić information content (AvgIpc) is 3.58. The summed E-state index contributed by atoms with van der Waals surface area (Å²) in [5.41, 5.74) is 0.798. The maximum Gasteiger partial charge on any atom is 0.295 e. The molecule has 0 saturated carbocycles. The fourth-order valence-electron chi connectivity index (χ4n) is 4.91. The number of carbonyl (C=O) groups is 2. The van der Waals surface area contributed by atoms with Crippen LogP contribution in [-0.2, 0) is 16.1 Å².